The molecule has 1 aliphatic heterocycles. The number of nitrogens with one attached hydrogen (secondary N) is 1. The lowest BCUT2D eigenvalue weighted by molar-refractivity contribution is 0.215. The van der Waals surface area contributed by atoms with Gasteiger partial charge in [-0.2, -0.15) is 0 Å². The number of anilines is 1. The van der Waals surface area contributed by atoms with Gasteiger partial charge in [0.25, 0.3) is 0 Å². The van der Waals surface area contributed by atoms with E-state index in [0.29, 0.717) is 4.99 Å². The van der Waals surface area contributed by atoms with E-state index in [0.717, 1.165) is 29.5 Å². The molecule has 0 aliphatic carbocycles. The molecule has 2 heterocycles. The molecule has 0 atom stereocenters. The molecule has 0 radical (unpaired) electrons. The lowest BCUT2D eigenvalue weighted by atomic mass is 9.94. The summed E-state index contributed by atoms with van der Waals surface area (Å²) in [5.74, 6) is 1.71. The summed E-state index contributed by atoms with van der Waals surface area (Å²) in [5.41, 5.74) is 7.51. The highest BCUT2D eigenvalue weighted by atomic mass is 32.1. The van der Waals surface area contributed by atoms with E-state index >= 15 is 0 Å². The first-order valence-electron chi connectivity index (χ1n) is 7.25. The van der Waals surface area contributed by atoms with Gasteiger partial charge in [-0.1, -0.05) is 12.2 Å². The van der Waals surface area contributed by atoms with Crippen LogP contribution in [0.3, 0.4) is 0 Å². The first-order chi connectivity index (χ1) is 9.54. The van der Waals surface area contributed by atoms with Crippen LogP contribution in [-0.2, 0) is 0 Å². The smallest absolute Gasteiger partial charge is 0.126 e. The normalized spacial score (nSPS) is 17.1. The van der Waals surface area contributed by atoms with Crippen LogP contribution in [-0.4, -0.2) is 41.6 Å². The number of hydrogen-bond acceptors (Lipinski definition) is 4. The molecule has 3 N–H and O–H groups in total. The van der Waals surface area contributed by atoms with Crippen LogP contribution in [0.15, 0.2) is 12.1 Å². The van der Waals surface area contributed by atoms with Crippen LogP contribution in [0.2, 0.25) is 0 Å². The fraction of sp³-hybridized carbons (Fsp3) is 0.600. The van der Waals surface area contributed by atoms with Crippen LogP contribution >= 0.6 is 12.2 Å². The molecule has 20 heavy (non-hydrogen) atoms. The second kappa shape index (κ2) is 6.99. The SMILES string of the molecule is Cc1cc(C(N)=S)cc(NCCC2CCN(C)CC2)n1. The van der Waals surface area contributed by atoms with Crippen molar-refractivity contribution in [2.75, 3.05) is 32.0 Å². The zero-order valence-corrected chi connectivity index (χ0v) is 13.2. The average molecular weight is 292 g/mol. The van der Waals surface area contributed by atoms with Crippen molar-refractivity contribution in [3.05, 3.63) is 23.4 Å². The number of nitrogens with two attached hydrogens (primary N) is 1. The molecule has 2 rings (SSSR count). The molecule has 0 unspecified atom stereocenters. The molecule has 0 amide bonds. The molecule has 0 bridgehead atoms. The third-order valence-corrected chi connectivity index (χ3v) is 4.17. The lowest BCUT2D eigenvalue weighted by Gasteiger charge is -2.28. The van der Waals surface area contributed by atoms with Crippen LogP contribution in [0.1, 0.15) is 30.5 Å². The van der Waals surface area contributed by atoms with Gasteiger partial charge in [0.2, 0.25) is 0 Å². The summed E-state index contributed by atoms with van der Waals surface area (Å²) in [5, 5.41) is 3.40. The molecule has 1 saturated heterocycles. The largest absolute Gasteiger partial charge is 0.389 e. The summed E-state index contributed by atoms with van der Waals surface area (Å²) in [6.07, 6.45) is 3.81. The van der Waals surface area contributed by atoms with Crippen molar-refractivity contribution in [1.29, 1.82) is 0 Å². The molecule has 0 aromatic carbocycles. The van der Waals surface area contributed by atoms with Crippen molar-refractivity contribution in [2.24, 2.45) is 11.7 Å². The maximum Gasteiger partial charge on any atom is 0.126 e. The molecule has 0 saturated carbocycles. The third kappa shape index (κ3) is 4.42. The highest BCUT2D eigenvalue weighted by Gasteiger charge is 2.16. The number of nitrogens with zero attached hydrogens (tertiary/aromatic N) is 2. The first-order valence-corrected chi connectivity index (χ1v) is 7.66. The number of aromatic nitrogens is 1. The number of aryl methyl sites for hydroxylation is 1. The Morgan fingerprint density at radius 1 is 1.45 bits per heavy atom. The Morgan fingerprint density at radius 3 is 2.80 bits per heavy atom. The van der Waals surface area contributed by atoms with Gasteiger partial charge in [0.15, 0.2) is 0 Å². The summed E-state index contributed by atoms with van der Waals surface area (Å²) in [7, 11) is 2.20. The Kier molecular flexibility index (Phi) is 5.31. The molecule has 5 heteroatoms. The van der Waals surface area contributed by atoms with Gasteiger partial charge in [0.1, 0.15) is 10.8 Å². The molecule has 0 spiro atoms. The fourth-order valence-electron chi connectivity index (χ4n) is 2.66. The lowest BCUT2D eigenvalue weighted by Crippen LogP contribution is -2.30. The third-order valence-electron chi connectivity index (χ3n) is 3.93. The average Bonchev–Trinajstić information content (AvgIpc) is 2.40. The van der Waals surface area contributed by atoms with Gasteiger partial charge >= 0.3 is 0 Å². The number of rotatable bonds is 5. The maximum absolute atomic E-state index is 5.68. The van der Waals surface area contributed by atoms with Crippen molar-refractivity contribution >= 4 is 23.0 Å². The monoisotopic (exact) mass is 292 g/mol. The zero-order chi connectivity index (χ0) is 14.5. The summed E-state index contributed by atoms with van der Waals surface area (Å²) < 4.78 is 0. The van der Waals surface area contributed by atoms with E-state index in [2.05, 4.69) is 22.2 Å². The standard InChI is InChI=1S/C15H24N4S/c1-11-9-13(15(16)20)10-14(18-11)17-6-3-12-4-7-19(2)8-5-12/h9-10,12H,3-8H2,1-2H3,(H2,16,20)(H,17,18). The van der Waals surface area contributed by atoms with Gasteiger partial charge in [0.05, 0.1) is 0 Å². The second-order valence-corrected chi connectivity index (χ2v) is 6.15. The van der Waals surface area contributed by atoms with Crippen LogP contribution in [0.25, 0.3) is 0 Å². The van der Waals surface area contributed by atoms with Gasteiger partial charge in [-0.25, -0.2) is 4.98 Å². The minimum Gasteiger partial charge on any atom is -0.389 e. The Morgan fingerprint density at radius 2 is 2.15 bits per heavy atom. The topological polar surface area (TPSA) is 54.2 Å². The van der Waals surface area contributed by atoms with E-state index in [1.165, 1.54) is 32.4 Å². The number of thiocarbonyl (C=S) groups is 1. The molecular formula is C15H24N4S. The maximum atomic E-state index is 5.68. The highest BCUT2D eigenvalue weighted by molar-refractivity contribution is 7.80. The predicted molar refractivity (Wildman–Crippen MR) is 88.2 cm³/mol. The molecule has 1 aromatic heterocycles. The minimum absolute atomic E-state index is 0.425. The number of likely N-dealkylation sites (tertiary alicyclic amines) is 1. The Labute approximate surface area is 126 Å². The van der Waals surface area contributed by atoms with E-state index in [-0.39, 0.29) is 0 Å². The van der Waals surface area contributed by atoms with Gasteiger partial charge in [-0.3, -0.25) is 0 Å². The summed E-state index contributed by atoms with van der Waals surface area (Å²) in [4.78, 5) is 7.30. The summed E-state index contributed by atoms with van der Waals surface area (Å²) in [6.45, 7) is 5.36. The van der Waals surface area contributed by atoms with Crippen molar-refractivity contribution in [3.8, 4) is 0 Å². The molecule has 110 valence electrons. The van der Waals surface area contributed by atoms with E-state index < -0.39 is 0 Å². The van der Waals surface area contributed by atoms with Crippen molar-refractivity contribution in [2.45, 2.75) is 26.2 Å². The predicted octanol–water partition coefficient (Wildman–Crippen LogP) is 2.17. The Balaban J connectivity index is 1.83. The van der Waals surface area contributed by atoms with E-state index in [1.807, 2.05) is 19.1 Å². The van der Waals surface area contributed by atoms with Crippen LogP contribution in [0.5, 0.6) is 0 Å². The first kappa shape index (κ1) is 15.2. The van der Waals surface area contributed by atoms with Gasteiger partial charge in [-0.05, 0) is 64.4 Å². The van der Waals surface area contributed by atoms with Crippen LogP contribution < -0.4 is 11.1 Å². The van der Waals surface area contributed by atoms with Gasteiger partial charge < -0.3 is 16.0 Å². The number of pyridine rings is 1. The number of hydrogen-bond donors (Lipinski definition) is 2. The Bertz CT molecular complexity index is 467. The van der Waals surface area contributed by atoms with Gasteiger partial charge in [0, 0.05) is 17.8 Å². The van der Waals surface area contributed by atoms with Crippen molar-refractivity contribution < 1.29 is 0 Å². The van der Waals surface area contributed by atoms with Crippen LogP contribution in [0, 0.1) is 12.8 Å². The summed E-state index contributed by atoms with van der Waals surface area (Å²) in [6, 6.07) is 3.86. The molecule has 1 aromatic rings. The van der Waals surface area contributed by atoms with Crippen molar-refractivity contribution in [1.82, 2.24) is 9.88 Å². The Hall–Kier alpha value is -1.20. The zero-order valence-electron chi connectivity index (χ0n) is 12.4. The number of piperidine rings is 1. The highest BCUT2D eigenvalue weighted by Crippen LogP contribution is 2.19. The molecular weight excluding hydrogens is 268 g/mol. The minimum atomic E-state index is 0.425. The van der Waals surface area contributed by atoms with Crippen molar-refractivity contribution in [3.63, 3.8) is 0 Å². The molecule has 1 fully saturated rings. The van der Waals surface area contributed by atoms with Gasteiger partial charge in [-0.15, -0.1) is 0 Å². The fourth-order valence-corrected chi connectivity index (χ4v) is 2.77. The van der Waals surface area contributed by atoms with E-state index in [4.69, 9.17) is 18.0 Å². The summed E-state index contributed by atoms with van der Waals surface area (Å²) >= 11 is 5.02. The molecule has 1 aliphatic rings. The van der Waals surface area contributed by atoms with E-state index in [1.54, 1.807) is 0 Å². The second-order valence-electron chi connectivity index (χ2n) is 5.71. The quantitative estimate of drug-likeness (QED) is 0.815. The van der Waals surface area contributed by atoms with E-state index in [9.17, 15) is 0 Å². The molecule has 4 nitrogen and oxygen atoms in total. The van der Waals surface area contributed by atoms with Crippen LogP contribution in [0.4, 0.5) is 5.82 Å².